The van der Waals surface area contributed by atoms with Crippen LogP contribution in [0.1, 0.15) is 27.2 Å². The third kappa shape index (κ3) is 2.54. The third-order valence-corrected chi connectivity index (χ3v) is 4.47. The van der Waals surface area contributed by atoms with Crippen LogP contribution >= 0.6 is 0 Å². The van der Waals surface area contributed by atoms with Crippen molar-refractivity contribution in [1.29, 1.82) is 0 Å². The molecule has 0 spiro atoms. The molecule has 5 nitrogen and oxygen atoms in total. The van der Waals surface area contributed by atoms with Crippen LogP contribution in [-0.4, -0.2) is 23.0 Å². The van der Waals surface area contributed by atoms with Gasteiger partial charge in [-0.1, -0.05) is 23.8 Å². The predicted molar refractivity (Wildman–Crippen MR) is 95.5 cm³/mol. The molecule has 0 aliphatic heterocycles. The number of carbonyl (C=O) groups excluding carboxylic acids is 1. The minimum absolute atomic E-state index is 0.296. The summed E-state index contributed by atoms with van der Waals surface area (Å²) >= 11 is 0. The van der Waals surface area contributed by atoms with Gasteiger partial charge in [-0.3, -0.25) is 4.79 Å². The molecule has 0 radical (unpaired) electrons. The van der Waals surface area contributed by atoms with Crippen LogP contribution in [0.3, 0.4) is 0 Å². The molecule has 1 amide bonds. The number of hydrogen-bond donors (Lipinski definition) is 1. The fourth-order valence-corrected chi connectivity index (χ4v) is 3.24. The molecule has 25 heavy (non-hydrogen) atoms. The second-order valence-electron chi connectivity index (χ2n) is 6.15. The summed E-state index contributed by atoms with van der Waals surface area (Å²) in [4.78, 5) is 21.2. The molecule has 0 saturated carbocycles. The van der Waals surface area contributed by atoms with Gasteiger partial charge in [0, 0.05) is 23.1 Å². The topological polar surface area (TPSA) is 78.1 Å². The summed E-state index contributed by atoms with van der Waals surface area (Å²) in [6.45, 7) is 2.05. The molecule has 2 aromatic carbocycles. The number of ether oxygens (including phenoxy) is 1. The largest absolute Gasteiger partial charge is 0.497 e. The third-order valence-electron chi connectivity index (χ3n) is 4.47. The molecule has 3 aromatic rings. The number of methoxy groups -OCH3 is 1. The summed E-state index contributed by atoms with van der Waals surface area (Å²) in [6.07, 6.45) is 0.632. The van der Waals surface area contributed by atoms with E-state index >= 15 is 0 Å². The van der Waals surface area contributed by atoms with Crippen LogP contribution in [0.15, 0.2) is 42.5 Å². The van der Waals surface area contributed by atoms with Crippen molar-refractivity contribution in [2.24, 2.45) is 5.73 Å². The van der Waals surface area contributed by atoms with Gasteiger partial charge in [-0.15, -0.1) is 0 Å². The SMILES string of the molecule is COc1ccc(-c2nc(C(N)=O)c3c(n2)-c2ccc(C)cc2C3)cc1. The number of nitrogens with two attached hydrogens (primary N) is 1. The maximum Gasteiger partial charge on any atom is 0.267 e. The fraction of sp³-hybridized carbons (Fsp3) is 0.150. The van der Waals surface area contributed by atoms with Crippen LogP contribution in [0.2, 0.25) is 0 Å². The van der Waals surface area contributed by atoms with E-state index in [1.807, 2.05) is 43.3 Å². The zero-order valence-electron chi connectivity index (χ0n) is 14.0. The summed E-state index contributed by atoms with van der Waals surface area (Å²) < 4.78 is 5.18. The second-order valence-corrected chi connectivity index (χ2v) is 6.15. The Balaban J connectivity index is 1.91. The minimum atomic E-state index is -0.530. The first-order chi connectivity index (χ1) is 12.1. The Morgan fingerprint density at radius 2 is 1.88 bits per heavy atom. The summed E-state index contributed by atoms with van der Waals surface area (Å²) in [7, 11) is 1.62. The van der Waals surface area contributed by atoms with Crippen molar-refractivity contribution < 1.29 is 9.53 Å². The molecular formula is C20H17N3O2. The van der Waals surface area contributed by atoms with Gasteiger partial charge in [0.2, 0.25) is 0 Å². The van der Waals surface area contributed by atoms with Gasteiger partial charge in [-0.25, -0.2) is 9.97 Å². The molecule has 1 aliphatic carbocycles. The Kier molecular flexibility index (Phi) is 3.50. The molecule has 0 atom stereocenters. The van der Waals surface area contributed by atoms with Crippen LogP contribution in [0.25, 0.3) is 22.6 Å². The second kappa shape index (κ2) is 5.70. The van der Waals surface area contributed by atoms with E-state index in [0.29, 0.717) is 17.9 Å². The van der Waals surface area contributed by atoms with E-state index in [2.05, 4.69) is 11.1 Å². The molecule has 1 aromatic heterocycles. The predicted octanol–water partition coefficient (Wildman–Crippen LogP) is 3.13. The number of aryl methyl sites for hydroxylation is 1. The number of rotatable bonds is 3. The summed E-state index contributed by atoms with van der Waals surface area (Å²) in [5.74, 6) is 0.711. The maximum atomic E-state index is 12.0. The summed E-state index contributed by atoms with van der Waals surface area (Å²) in [5, 5.41) is 0. The quantitative estimate of drug-likeness (QED) is 0.625. The van der Waals surface area contributed by atoms with E-state index in [0.717, 1.165) is 33.7 Å². The molecule has 0 bridgehead atoms. The number of fused-ring (bicyclic) bond motifs is 3. The Morgan fingerprint density at radius 1 is 1.12 bits per heavy atom. The minimum Gasteiger partial charge on any atom is -0.497 e. The van der Waals surface area contributed by atoms with Crippen molar-refractivity contribution in [2.45, 2.75) is 13.3 Å². The molecular weight excluding hydrogens is 314 g/mol. The summed E-state index contributed by atoms with van der Waals surface area (Å²) in [5.41, 5.74) is 11.7. The summed E-state index contributed by atoms with van der Waals surface area (Å²) in [6, 6.07) is 13.6. The monoisotopic (exact) mass is 331 g/mol. The maximum absolute atomic E-state index is 12.0. The lowest BCUT2D eigenvalue weighted by atomic mass is 10.1. The van der Waals surface area contributed by atoms with Crippen LogP contribution < -0.4 is 10.5 Å². The van der Waals surface area contributed by atoms with Gasteiger partial charge in [0.05, 0.1) is 12.8 Å². The van der Waals surface area contributed by atoms with Gasteiger partial charge in [0.15, 0.2) is 5.82 Å². The van der Waals surface area contributed by atoms with E-state index in [9.17, 15) is 4.79 Å². The van der Waals surface area contributed by atoms with Gasteiger partial charge in [-0.05, 0) is 36.8 Å². The number of benzene rings is 2. The Bertz CT molecular complexity index is 995. The molecule has 0 fully saturated rings. The number of hydrogen-bond acceptors (Lipinski definition) is 4. The molecule has 0 unspecified atom stereocenters. The zero-order valence-corrected chi connectivity index (χ0v) is 14.0. The van der Waals surface area contributed by atoms with Crippen LogP contribution in [0.5, 0.6) is 5.75 Å². The van der Waals surface area contributed by atoms with E-state index < -0.39 is 5.91 Å². The normalized spacial score (nSPS) is 11.8. The van der Waals surface area contributed by atoms with Crippen LogP contribution in [-0.2, 0) is 6.42 Å². The lowest BCUT2D eigenvalue weighted by Gasteiger charge is -2.09. The number of carbonyl (C=O) groups is 1. The Labute approximate surface area is 145 Å². The average molecular weight is 331 g/mol. The van der Waals surface area contributed by atoms with Crippen molar-refractivity contribution in [2.75, 3.05) is 7.11 Å². The fourth-order valence-electron chi connectivity index (χ4n) is 3.24. The first-order valence-electron chi connectivity index (χ1n) is 8.02. The molecule has 2 N–H and O–H groups in total. The van der Waals surface area contributed by atoms with E-state index in [4.69, 9.17) is 15.5 Å². The van der Waals surface area contributed by atoms with Crippen molar-refractivity contribution in [3.63, 3.8) is 0 Å². The highest BCUT2D eigenvalue weighted by molar-refractivity contribution is 5.96. The van der Waals surface area contributed by atoms with Crippen molar-refractivity contribution in [3.8, 4) is 28.4 Å². The Hall–Kier alpha value is -3.21. The van der Waals surface area contributed by atoms with Gasteiger partial charge in [0.25, 0.3) is 5.91 Å². The Morgan fingerprint density at radius 3 is 2.56 bits per heavy atom. The standard InChI is InChI=1S/C20H17N3O2/c1-11-3-8-15-13(9-11)10-16-17(15)22-20(23-18(16)19(21)24)12-4-6-14(25-2)7-5-12/h3-9H,10H2,1-2H3,(H2,21,24). The first-order valence-corrected chi connectivity index (χ1v) is 8.02. The number of primary amides is 1. The van der Waals surface area contributed by atoms with Crippen molar-refractivity contribution in [3.05, 3.63) is 64.8 Å². The lowest BCUT2D eigenvalue weighted by molar-refractivity contribution is 0.0995. The number of nitrogens with zero attached hydrogens (tertiary/aromatic N) is 2. The molecule has 1 heterocycles. The highest BCUT2D eigenvalue weighted by Gasteiger charge is 2.27. The zero-order chi connectivity index (χ0) is 17.6. The number of amides is 1. The lowest BCUT2D eigenvalue weighted by Crippen LogP contribution is -2.17. The van der Waals surface area contributed by atoms with E-state index in [1.165, 1.54) is 5.56 Å². The van der Waals surface area contributed by atoms with Crippen molar-refractivity contribution >= 4 is 5.91 Å². The molecule has 4 rings (SSSR count). The molecule has 0 saturated heterocycles. The van der Waals surface area contributed by atoms with E-state index in [1.54, 1.807) is 7.11 Å². The highest BCUT2D eigenvalue weighted by atomic mass is 16.5. The van der Waals surface area contributed by atoms with Crippen LogP contribution in [0, 0.1) is 6.92 Å². The average Bonchev–Trinajstić information content (AvgIpc) is 2.98. The van der Waals surface area contributed by atoms with Gasteiger partial charge < -0.3 is 10.5 Å². The molecule has 124 valence electrons. The smallest absolute Gasteiger partial charge is 0.267 e. The molecule has 5 heteroatoms. The van der Waals surface area contributed by atoms with Gasteiger partial charge in [0.1, 0.15) is 11.4 Å². The molecule has 1 aliphatic rings. The van der Waals surface area contributed by atoms with Crippen molar-refractivity contribution in [1.82, 2.24) is 9.97 Å². The van der Waals surface area contributed by atoms with Gasteiger partial charge >= 0.3 is 0 Å². The highest BCUT2D eigenvalue weighted by Crippen LogP contribution is 2.38. The van der Waals surface area contributed by atoms with E-state index in [-0.39, 0.29) is 0 Å². The first kappa shape index (κ1) is 15.3. The number of aromatic nitrogens is 2. The van der Waals surface area contributed by atoms with Crippen LogP contribution in [0.4, 0.5) is 0 Å². The van der Waals surface area contributed by atoms with Gasteiger partial charge in [-0.2, -0.15) is 0 Å².